The minimum absolute atomic E-state index is 0.126. The average molecular weight is 258 g/mol. The lowest BCUT2D eigenvalue weighted by molar-refractivity contribution is 0.722. The molecule has 0 atom stereocenters. The summed E-state index contributed by atoms with van der Waals surface area (Å²) < 4.78 is 3.15. The number of halogens is 1. The van der Waals surface area contributed by atoms with Gasteiger partial charge in [0.05, 0.1) is 15.0 Å². The molecule has 0 radical (unpaired) electrons. The molecule has 0 unspecified atom stereocenters. The summed E-state index contributed by atoms with van der Waals surface area (Å²) in [7, 11) is 0. The van der Waals surface area contributed by atoms with E-state index in [4.69, 9.17) is 5.73 Å². The number of thiazole rings is 1. The SMILES string of the molecule is NC1(c2ncn3cc(Br)sc23)CC1. The van der Waals surface area contributed by atoms with Gasteiger partial charge in [-0.1, -0.05) is 0 Å². The minimum Gasteiger partial charge on any atom is -0.320 e. The van der Waals surface area contributed by atoms with E-state index in [0.717, 1.165) is 22.3 Å². The summed E-state index contributed by atoms with van der Waals surface area (Å²) >= 11 is 5.14. The van der Waals surface area contributed by atoms with Crippen LogP contribution in [0.3, 0.4) is 0 Å². The summed E-state index contributed by atoms with van der Waals surface area (Å²) in [5.41, 5.74) is 7.04. The molecule has 0 bridgehead atoms. The molecule has 0 spiro atoms. The van der Waals surface area contributed by atoms with Crippen LogP contribution in [0.5, 0.6) is 0 Å². The monoisotopic (exact) mass is 257 g/mol. The number of nitrogens with zero attached hydrogens (tertiary/aromatic N) is 2. The number of nitrogens with two attached hydrogens (primary N) is 1. The first-order valence-corrected chi connectivity index (χ1v) is 5.71. The Balaban J connectivity index is 2.28. The van der Waals surface area contributed by atoms with Gasteiger partial charge >= 0.3 is 0 Å². The molecular weight excluding hydrogens is 250 g/mol. The lowest BCUT2D eigenvalue weighted by Gasteiger charge is -2.02. The number of hydrogen-bond acceptors (Lipinski definition) is 3. The van der Waals surface area contributed by atoms with Crippen molar-refractivity contribution in [2.75, 3.05) is 0 Å². The van der Waals surface area contributed by atoms with Gasteiger partial charge in [0, 0.05) is 6.20 Å². The minimum atomic E-state index is -0.126. The summed E-state index contributed by atoms with van der Waals surface area (Å²) in [5, 5.41) is 0. The predicted octanol–water partition coefficient (Wildman–Crippen LogP) is 2.11. The second-order valence-corrected chi connectivity index (χ2v) is 5.91. The van der Waals surface area contributed by atoms with E-state index in [0.29, 0.717) is 0 Å². The van der Waals surface area contributed by atoms with Gasteiger partial charge in [0.1, 0.15) is 11.2 Å². The van der Waals surface area contributed by atoms with Crippen LogP contribution in [0, 0.1) is 0 Å². The number of aromatic nitrogens is 2. The van der Waals surface area contributed by atoms with Crippen LogP contribution < -0.4 is 5.73 Å². The Morgan fingerprint density at radius 1 is 1.62 bits per heavy atom. The molecule has 1 saturated carbocycles. The fourth-order valence-corrected chi connectivity index (χ4v) is 3.07. The van der Waals surface area contributed by atoms with Gasteiger partial charge in [0.2, 0.25) is 0 Å². The van der Waals surface area contributed by atoms with Gasteiger partial charge in [-0.15, -0.1) is 11.3 Å². The van der Waals surface area contributed by atoms with Crippen molar-refractivity contribution < 1.29 is 0 Å². The molecule has 2 N–H and O–H groups in total. The predicted molar refractivity (Wildman–Crippen MR) is 55.9 cm³/mol. The normalized spacial score (nSPS) is 19.5. The lowest BCUT2D eigenvalue weighted by atomic mass is 10.2. The third kappa shape index (κ3) is 1.07. The van der Waals surface area contributed by atoms with Crippen LogP contribution in [0.25, 0.3) is 4.83 Å². The van der Waals surface area contributed by atoms with Crippen molar-refractivity contribution in [3.05, 3.63) is 22.0 Å². The number of fused-ring (bicyclic) bond motifs is 1. The zero-order valence-corrected chi connectivity index (χ0v) is 9.23. The Hall–Kier alpha value is -0.390. The molecule has 1 aliphatic rings. The first kappa shape index (κ1) is 7.96. The van der Waals surface area contributed by atoms with Crippen LogP contribution in [0.2, 0.25) is 0 Å². The zero-order chi connectivity index (χ0) is 9.05. The molecule has 0 aliphatic heterocycles. The standard InChI is InChI=1S/C8H8BrN3S/c9-5-3-12-4-11-6(7(12)13-5)8(10)1-2-8/h3-4H,1-2,10H2. The first-order chi connectivity index (χ1) is 6.19. The largest absolute Gasteiger partial charge is 0.320 e. The number of imidazole rings is 1. The molecule has 1 fully saturated rings. The molecule has 3 nitrogen and oxygen atoms in total. The van der Waals surface area contributed by atoms with Crippen molar-refractivity contribution >= 4 is 32.1 Å². The molecule has 3 rings (SSSR count). The van der Waals surface area contributed by atoms with Gasteiger partial charge in [0.15, 0.2) is 0 Å². The second-order valence-electron chi connectivity index (χ2n) is 3.50. The Morgan fingerprint density at radius 2 is 2.38 bits per heavy atom. The molecule has 0 aromatic carbocycles. The number of hydrogen-bond donors (Lipinski definition) is 1. The van der Waals surface area contributed by atoms with Crippen molar-refractivity contribution in [1.29, 1.82) is 0 Å². The van der Waals surface area contributed by atoms with Crippen molar-refractivity contribution in [2.45, 2.75) is 18.4 Å². The average Bonchev–Trinajstić information content (AvgIpc) is 2.55. The van der Waals surface area contributed by atoms with E-state index < -0.39 is 0 Å². The third-order valence-corrected chi connectivity index (χ3v) is 4.03. The Bertz CT molecular complexity index is 469. The van der Waals surface area contributed by atoms with Gasteiger partial charge in [-0.3, -0.25) is 4.40 Å². The van der Waals surface area contributed by atoms with Crippen LogP contribution in [0.1, 0.15) is 18.5 Å². The fraction of sp³-hybridized carbons (Fsp3) is 0.375. The molecule has 0 amide bonds. The highest BCUT2D eigenvalue weighted by atomic mass is 79.9. The van der Waals surface area contributed by atoms with Crippen molar-refractivity contribution in [2.24, 2.45) is 5.73 Å². The molecular formula is C8H8BrN3S. The summed E-state index contributed by atoms with van der Waals surface area (Å²) in [6.07, 6.45) is 5.98. The molecule has 5 heteroatoms. The highest BCUT2D eigenvalue weighted by Crippen LogP contribution is 2.45. The van der Waals surface area contributed by atoms with E-state index in [9.17, 15) is 0 Å². The van der Waals surface area contributed by atoms with E-state index in [1.54, 1.807) is 11.3 Å². The topological polar surface area (TPSA) is 43.3 Å². The molecule has 1 aliphatic carbocycles. The molecule has 2 aromatic rings. The summed E-state index contributed by atoms with van der Waals surface area (Å²) in [6, 6.07) is 0. The van der Waals surface area contributed by atoms with E-state index in [-0.39, 0.29) is 5.54 Å². The molecule has 68 valence electrons. The van der Waals surface area contributed by atoms with Gasteiger partial charge in [-0.25, -0.2) is 4.98 Å². The Morgan fingerprint density at radius 3 is 3.08 bits per heavy atom. The maximum atomic E-state index is 6.10. The Kier molecular flexibility index (Phi) is 1.44. The van der Waals surface area contributed by atoms with E-state index in [1.165, 1.54) is 4.83 Å². The van der Waals surface area contributed by atoms with E-state index >= 15 is 0 Å². The maximum absolute atomic E-state index is 6.10. The molecule has 2 heterocycles. The lowest BCUT2D eigenvalue weighted by Crippen LogP contribution is -2.19. The van der Waals surface area contributed by atoms with E-state index in [1.807, 2.05) is 16.9 Å². The summed E-state index contributed by atoms with van der Waals surface area (Å²) in [5.74, 6) is 0. The van der Waals surface area contributed by atoms with Gasteiger partial charge in [-0.2, -0.15) is 0 Å². The maximum Gasteiger partial charge on any atom is 0.125 e. The van der Waals surface area contributed by atoms with E-state index in [2.05, 4.69) is 20.9 Å². The summed E-state index contributed by atoms with van der Waals surface area (Å²) in [6.45, 7) is 0. The molecule has 13 heavy (non-hydrogen) atoms. The third-order valence-electron chi connectivity index (χ3n) is 2.44. The Labute approximate surface area is 87.7 Å². The van der Waals surface area contributed by atoms with Crippen LogP contribution >= 0.6 is 27.3 Å². The molecule has 0 saturated heterocycles. The van der Waals surface area contributed by atoms with Gasteiger partial charge < -0.3 is 5.73 Å². The highest BCUT2D eigenvalue weighted by Gasteiger charge is 2.43. The highest BCUT2D eigenvalue weighted by molar-refractivity contribution is 9.11. The van der Waals surface area contributed by atoms with Crippen LogP contribution in [0.15, 0.2) is 16.3 Å². The van der Waals surface area contributed by atoms with Crippen LogP contribution in [-0.4, -0.2) is 9.38 Å². The summed E-state index contributed by atoms with van der Waals surface area (Å²) in [4.78, 5) is 5.53. The van der Waals surface area contributed by atoms with Crippen LogP contribution in [0.4, 0.5) is 0 Å². The van der Waals surface area contributed by atoms with Crippen molar-refractivity contribution in [3.63, 3.8) is 0 Å². The zero-order valence-electron chi connectivity index (χ0n) is 6.83. The smallest absolute Gasteiger partial charge is 0.125 e. The first-order valence-electron chi connectivity index (χ1n) is 4.10. The number of rotatable bonds is 1. The quantitative estimate of drug-likeness (QED) is 0.851. The second kappa shape index (κ2) is 2.34. The molecule has 2 aromatic heterocycles. The van der Waals surface area contributed by atoms with Gasteiger partial charge in [0.25, 0.3) is 0 Å². The van der Waals surface area contributed by atoms with Crippen molar-refractivity contribution in [3.8, 4) is 0 Å². The fourth-order valence-electron chi connectivity index (χ4n) is 1.48. The van der Waals surface area contributed by atoms with Crippen LogP contribution in [-0.2, 0) is 5.54 Å². The van der Waals surface area contributed by atoms with Crippen molar-refractivity contribution in [1.82, 2.24) is 9.38 Å². The van der Waals surface area contributed by atoms with Gasteiger partial charge in [-0.05, 0) is 28.8 Å².